The zero-order valence-electron chi connectivity index (χ0n) is 12.4. The van der Waals surface area contributed by atoms with E-state index in [1.807, 2.05) is 17.8 Å². The number of benzene rings is 1. The minimum atomic E-state index is 0.0652. The van der Waals surface area contributed by atoms with Crippen molar-refractivity contribution in [3.8, 4) is 0 Å². The van der Waals surface area contributed by atoms with Crippen molar-refractivity contribution in [2.75, 3.05) is 13.6 Å². The van der Waals surface area contributed by atoms with Crippen LogP contribution in [0.2, 0.25) is 0 Å². The molecule has 1 amide bonds. The molecule has 0 aliphatic carbocycles. The van der Waals surface area contributed by atoms with E-state index >= 15 is 0 Å². The maximum atomic E-state index is 12.0. The normalized spacial score (nSPS) is 11.2. The SMILES string of the molecule is CNCc1cccc2ccn(CC(=O)NCC(C)C)c12. The van der Waals surface area contributed by atoms with E-state index in [1.54, 1.807) is 0 Å². The summed E-state index contributed by atoms with van der Waals surface area (Å²) in [6.07, 6.45) is 1.98. The molecule has 0 atom stereocenters. The molecule has 0 unspecified atom stereocenters. The summed E-state index contributed by atoms with van der Waals surface area (Å²) in [5, 5.41) is 7.31. The van der Waals surface area contributed by atoms with Crippen molar-refractivity contribution in [3.05, 3.63) is 36.0 Å². The van der Waals surface area contributed by atoms with Gasteiger partial charge in [0.05, 0.1) is 5.52 Å². The van der Waals surface area contributed by atoms with Gasteiger partial charge in [0, 0.05) is 19.3 Å². The quantitative estimate of drug-likeness (QED) is 0.847. The highest BCUT2D eigenvalue weighted by molar-refractivity contribution is 5.85. The third-order valence-corrected chi connectivity index (χ3v) is 3.26. The second-order valence-electron chi connectivity index (χ2n) is 5.53. The Labute approximate surface area is 120 Å². The van der Waals surface area contributed by atoms with Gasteiger partial charge < -0.3 is 15.2 Å². The molecule has 2 aromatic rings. The molecule has 0 fully saturated rings. The van der Waals surface area contributed by atoms with Crippen molar-refractivity contribution in [3.63, 3.8) is 0 Å². The monoisotopic (exact) mass is 273 g/mol. The first-order valence-corrected chi connectivity index (χ1v) is 7.10. The van der Waals surface area contributed by atoms with Gasteiger partial charge in [0.2, 0.25) is 5.91 Å². The first-order valence-electron chi connectivity index (χ1n) is 7.10. The van der Waals surface area contributed by atoms with Crippen molar-refractivity contribution < 1.29 is 4.79 Å². The third kappa shape index (κ3) is 3.39. The topological polar surface area (TPSA) is 46.1 Å². The van der Waals surface area contributed by atoms with Crippen LogP contribution in [0.1, 0.15) is 19.4 Å². The fourth-order valence-corrected chi connectivity index (χ4v) is 2.33. The zero-order valence-corrected chi connectivity index (χ0v) is 12.4. The maximum Gasteiger partial charge on any atom is 0.239 e. The molecule has 1 aromatic heterocycles. The van der Waals surface area contributed by atoms with E-state index in [-0.39, 0.29) is 5.91 Å². The zero-order chi connectivity index (χ0) is 14.5. The Balaban J connectivity index is 2.19. The molecule has 20 heavy (non-hydrogen) atoms. The fraction of sp³-hybridized carbons (Fsp3) is 0.438. The summed E-state index contributed by atoms with van der Waals surface area (Å²) in [5.74, 6) is 0.538. The van der Waals surface area contributed by atoms with Crippen LogP contribution in [0.5, 0.6) is 0 Å². The number of nitrogens with one attached hydrogen (secondary N) is 2. The Bertz CT molecular complexity index is 586. The third-order valence-electron chi connectivity index (χ3n) is 3.26. The first-order chi connectivity index (χ1) is 9.61. The molecule has 1 aromatic carbocycles. The van der Waals surface area contributed by atoms with Crippen LogP contribution in [0.3, 0.4) is 0 Å². The summed E-state index contributed by atoms with van der Waals surface area (Å²) in [7, 11) is 1.93. The average Bonchev–Trinajstić information content (AvgIpc) is 2.81. The molecule has 4 heteroatoms. The second kappa shape index (κ2) is 6.57. The van der Waals surface area contributed by atoms with Crippen LogP contribution >= 0.6 is 0 Å². The van der Waals surface area contributed by atoms with Gasteiger partial charge in [-0.1, -0.05) is 32.0 Å². The molecular weight excluding hydrogens is 250 g/mol. The standard InChI is InChI=1S/C16H23N3O/c1-12(2)9-18-15(20)11-19-8-7-13-5-4-6-14(10-17-3)16(13)19/h4-8,12,17H,9-11H2,1-3H3,(H,18,20). The predicted octanol–water partition coefficient (Wildman–Crippen LogP) is 2.13. The van der Waals surface area contributed by atoms with E-state index < -0.39 is 0 Å². The summed E-state index contributed by atoms with van der Waals surface area (Å²) in [5.41, 5.74) is 2.35. The van der Waals surface area contributed by atoms with Crippen molar-refractivity contribution in [2.45, 2.75) is 26.9 Å². The van der Waals surface area contributed by atoms with Gasteiger partial charge in [0.1, 0.15) is 6.54 Å². The van der Waals surface area contributed by atoms with Crippen LogP contribution in [0.4, 0.5) is 0 Å². The van der Waals surface area contributed by atoms with Crippen molar-refractivity contribution >= 4 is 16.8 Å². The van der Waals surface area contributed by atoms with Gasteiger partial charge in [-0.25, -0.2) is 0 Å². The molecule has 2 N–H and O–H groups in total. The van der Waals surface area contributed by atoms with Gasteiger partial charge in [-0.05, 0) is 30.0 Å². The smallest absolute Gasteiger partial charge is 0.239 e. The lowest BCUT2D eigenvalue weighted by Crippen LogP contribution is -2.30. The molecule has 0 aliphatic heterocycles. The second-order valence-corrected chi connectivity index (χ2v) is 5.53. The van der Waals surface area contributed by atoms with E-state index in [9.17, 15) is 4.79 Å². The Morgan fingerprint density at radius 2 is 2.10 bits per heavy atom. The van der Waals surface area contributed by atoms with Gasteiger partial charge in [-0.3, -0.25) is 4.79 Å². The van der Waals surface area contributed by atoms with Gasteiger partial charge in [0.25, 0.3) is 0 Å². The highest BCUT2D eigenvalue weighted by Gasteiger charge is 2.09. The minimum Gasteiger partial charge on any atom is -0.354 e. The molecule has 2 rings (SSSR count). The number of rotatable bonds is 6. The number of amides is 1. The van der Waals surface area contributed by atoms with E-state index in [4.69, 9.17) is 0 Å². The molecule has 0 radical (unpaired) electrons. The van der Waals surface area contributed by atoms with Crippen LogP contribution < -0.4 is 10.6 Å². The molecular formula is C16H23N3O. The van der Waals surface area contributed by atoms with E-state index in [2.05, 4.69) is 48.7 Å². The molecule has 4 nitrogen and oxygen atoms in total. The Morgan fingerprint density at radius 3 is 2.80 bits per heavy atom. The number of fused-ring (bicyclic) bond motifs is 1. The maximum absolute atomic E-state index is 12.0. The highest BCUT2D eigenvalue weighted by atomic mass is 16.1. The summed E-state index contributed by atoms with van der Waals surface area (Å²) in [6, 6.07) is 8.29. The predicted molar refractivity (Wildman–Crippen MR) is 82.5 cm³/mol. The summed E-state index contributed by atoms with van der Waals surface area (Å²) >= 11 is 0. The summed E-state index contributed by atoms with van der Waals surface area (Å²) < 4.78 is 2.03. The van der Waals surface area contributed by atoms with Gasteiger partial charge >= 0.3 is 0 Å². The van der Waals surface area contributed by atoms with Crippen LogP contribution in [0.25, 0.3) is 10.9 Å². The largest absolute Gasteiger partial charge is 0.354 e. The number of carbonyl (C=O) groups excluding carboxylic acids is 1. The molecule has 0 spiro atoms. The van der Waals surface area contributed by atoms with Crippen LogP contribution in [0.15, 0.2) is 30.5 Å². The first kappa shape index (κ1) is 14.6. The van der Waals surface area contributed by atoms with Crippen LogP contribution in [0, 0.1) is 5.92 Å². The molecule has 0 saturated heterocycles. The van der Waals surface area contributed by atoms with Crippen molar-refractivity contribution in [1.82, 2.24) is 15.2 Å². The van der Waals surface area contributed by atoms with Crippen molar-refractivity contribution in [1.29, 1.82) is 0 Å². The van der Waals surface area contributed by atoms with Crippen LogP contribution in [-0.4, -0.2) is 24.1 Å². The molecule has 1 heterocycles. The fourth-order valence-electron chi connectivity index (χ4n) is 2.33. The number of carbonyl (C=O) groups is 1. The Morgan fingerprint density at radius 1 is 1.30 bits per heavy atom. The number of hydrogen-bond donors (Lipinski definition) is 2. The van der Waals surface area contributed by atoms with E-state index in [1.165, 1.54) is 10.9 Å². The van der Waals surface area contributed by atoms with Crippen LogP contribution in [-0.2, 0) is 17.9 Å². The minimum absolute atomic E-state index is 0.0652. The van der Waals surface area contributed by atoms with E-state index in [0.717, 1.165) is 18.6 Å². The lowest BCUT2D eigenvalue weighted by Gasteiger charge is -2.11. The number of hydrogen-bond acceptors (Lipinski definition) is 2. The van der Waals surface area contributed by atoms with Gasteiger partial charge in [-0.2, -0.15) is 0 Å². The molecule has 0 aliphatic rings. The molecule has 108 valence electrons. The lowest BCUT2D eigenvalue weighted by molar-refractivity contribution is -0.121. The number of nitrogens with zero attached hydrogens (tertiary/aromatic N) is 1. The lowest BCUT2D eigenvalue weighted by atomic mass is 10.1. The summed E-state index contributed by atoms with van der Waals surface area (Å²) in [4.78, 5) is 12.0. The summed E-state index contributed by atoms with van der Waals surface area (Å²) in [6.45, 7) is 6.08. The highest BCUT2D eigenvalue weighted by Crippen LogP contribution is 2.20. The molecule has 0 bridgehead atoms. The average molecular weight is 273 g/mol. The van der Waals surface area contributed by atoms with Gasteiger partial charge in [-0.15, -0.1) is 0 Å². The number of aromatic nitrogens is 1. The van der Waals surface area contributed by atoms with Gasteiger partial charge in [0.15, 0.2) is 0 Å². The Hall–Kier alpha value is -1.81. The Kier molecular flexibility index (Phi) is 4.79. The van der Waals surface area contributed by atoms with E-state index in [0.29, 0.717) is 12.5 Å². The molecule has 0 saturated carbocycles. The van der Waals surface area contributed by atoms with Crippen molar-refractivity contribution in [2.24, 2.45) is 5.92 Å². The number of para-hydroxylation sites is 1.